The number of nitrogens with zero attached hydrogens (tertiary/aromatic N) is 2. The first-order valence-corrected chi connectivity index (χ1v) is 6.60. The first-order chi connectivity index (χ1) is 8.83. The molecule has 1 aromatic carbocycles. The average Bonchev–Trinajstić information content (AvgIpc) is 3.05. The van der Waals surface area contributed by atoms with E-state index in [1.165, 1.54) is 24.0 Å². The first kappa shape index (κ1) is 10.3. The Morgan fingerprint density at radius 3 is 2.44 bits per heavy atom. The van der Waals surface area contributed by atoms with E-state index in [1.54, 1.807) is 0 Å². The molecule has 1 aromatic heterocycles. The summed E-state index contributed by atoms with van der Waals surface area (Å²) in [4.78, 5) is 2.56. The highest BCUT2D eigenvalue weighted by Gasteiger charge is 2.43. The quantitative estimate of drug-likeness (QED) is 0.806. The van der Waals surface area contributed by atoms with Crippen molar-refractivity contribution in [3.63, 3.8) is 0 Å². The minimum Gasteiger partial charge on any atom is -0.360 e. The Morgan fingerprint density at radius 2 is 1.89 bits per heavy atom. The molecular weight excluding hydrogens is 224 g/mol. The minimum absolute atomic E-state index is 0.580. The third-order valence-electron chi connectivity index (χ3n) is 4.24. The van der Waals surface area contributed by atoms with Crippen LogP contribution in [0.25, 0.3) is 0 Å². The summed E-state index contributed by atoms with van der Waals surface area (Å²) in [6.45, 7) is 2.85. The van der Waals surface area contributed by atoms with E-state index in [0.717, 1.165) is 18.0 Å². The predicted molar refractivity (Wildman–Crippen MR) is 67.9 cm³/mol. The fourth-order valence-electron chi connectivity index (χ4n) is 3.54. The molecule has 2 aliphatic heterocycles. The van der Waals surface area contributed by atoms with Gasteiger partial charge in [0.1, 0.15) is 0 Å². The van der Waals surface area contributed by atoms with Gasteiger partial charge in [0.25, 0.3) is 0 Å². The second kappa shape index (κ2) is 3.69. The Morgan fingerprint density at radius 1 is 1.22 bits per heavy atom. The minimum atomic E-state index is 0.580. The lowest BCUT2D eigenvalue weighted by Gasteiger charge is -2.20. The monoisotopic (exact) mass is 240 g/mol. The summed E-state index contributed by atoms with van der Waals surface area (Å²) in [5.41, 5.74) is 4.00. The maximum atomic E-state index is 5.36. The van der Waals surface area contributed by atoms with Gasteiger partial charge in [-0.05, 0) is 30.9 Å². The zero-order valence-corrected chi connectivity index (χ0v) is 10.5. The lowest BCUT2D eigenvalue weighted by molar-refractivity contribution is 0.188. The third-order valence-corrected chi connectivity index (χ3v) is 4.24. The number of rotatable bonds is 2. The largest absolute Gasteiger partial charge is 0.360 e. The zero-order valence-electron chi connectivity index (χ0n) is 10.5. The number of hydrogen-bond donors (Lipinski definition) is 0. The highest BCUT2D eigenvalue weighted by molar-refractivity contribution is 5.40. The number of benzene rings is 1. The van der Waals surface area contributed by atoms with E-state index < -0.39 is 0 Å². The molecule has 2 atom stereocenters. The van der Waals surface area contributed by atoms with E-state index in [4.69, 9.17) is 4.52 Å². The number of fused-ring (bicyclic) bond motifs is 5. The van der Waals surface area contributed by atoms with Crippen molar-refractivity contribution in [1.29, 1.82) is 0 Å². The molecule has 0 aliphatic carbocycles. The first-order valence-electron chi connectivity index (χ1n) is 6.60. The number of aromatic nitrogens is 1. The SMILES string of the molecule is Cc1cc(CN2C3CCC2c2ccccc23)on1. The zero-order chi connectivity index (χ0) is 12.1. The van der Waals surface area contributed by atoms with Crippen LogP contribution in [0.15, 0.2) is 34.9 Å². The maximum Gasteiger partial charge on any atom is 0.151 e. The lowest BCUT2D eigenvalue weighted by atomic mass is 9.92. The lowest BCUT2D eigenvalue weighted by Crippen LogP contribution is -2.18. The smallest absolute Gasteiger partial charge is 0.151 e. The molecule has 3 heterocycles. The highest BCUT2D eigenvalue weighted by atomic mass is 16.5. The van der Waals surface area contributed by atoms with Gasteiger partial charge in [-0.1, -0.05) is 29.4 Å². The Kier molecular flexibility index (Phi) is 2.12. The highest BCUT2D eigenvalue weighted by Crippen LogP contribution is 2.53. The van der Waals surface area contributed by atoms with Crippen LogP contribution in [0.3, 0.4) is 0 Å². The molecule has 0 spiro atoms. The van der Waals surface area contributed by atoms with Crippen molar-refractivity contribution in [2.45, 2.75) is 38.4 Å². The Labute approximate surface area is 106 Å². The van der Waals surface area contributed by atoms with Gasteiger partial charge in [-0.2, -0.15) is 0 Å². The molecule has 0 amide bonds. The normalized spacial score (nSPS) is 25.6. The summed E-state index contributed by atoms with van der Waals surface area (Å²) in [7, 11) is 0. The Bertz CT molecular complexity index is 559. The molecule has 1 fully saturated rings. The average molecular weight is 240 g/mol. The van der Waals surface area contributed by atoms with Crippen LogP contribution in [0, 0.1) is 6.92 Å². The van der Waals surface area contributed by atoms with Crippen molar-refractivity contribution >= 4 is 0 Å². The standard InChI is InChI=1S/C15H16N2O/c1-10-8-11(18-16-10)9-17-14-6-7-15(17)13-5-3-2-4-12(13)14/h2-5,8,14-15H,6-7,9H2,1H3. The van der Waals surface area contributed by atoms with Gasteiger partial charge >= 0.3 is 0 Å². The molecule has 0 N–H and O–H groups in total. The van der Waals surface area contributed by atoms with Crippen LogP contribution in [0.2, 0.25) is 0 Å². The van der Waals surface area contributed by atoms with Crippen molar-refractivity contribution in [3.8, 4) is 0 Å². The predicted octanol–water partition coefficient (Wildman–Crippen LogP) is 3.37. The molecule has 18 heavy (non-hydrogen) atoms. The topological polar surface area (TPSA) is 29.3 Å². The van der Waals surface area contributed by atoms with Crippen molar-refractivity contribution in [3.05, 3.63) is 52.9 Å². The summed E-state index contributed by atoms with van der Waals surface area (Å²) in [6, 6.07) is 12.1. The molecular formula is C15H16N2O. The van der Waals surface area contributed by atoms with Gasteiger partial charge in [-0.3, -0.25) is 4.90 Å². The molecule has 92 valence electrons. The van der Waals surface area contributed by atoms with E-state index in [9.17, 15) is 0 Å². The molecule has 2 unspecified atom stereocenters. The Hall–Kier alpha value is -1.61. The van der Waals surface area contributed by atoms with Gasteiger partial charge in [-0.25, -0.2) is 0 Å². The fraction of sp³-hybridized carbons (Fsp3) is 0.400. The molecule has 2 aromatic rings. The maximum absolute atomic E-state index is 5.36. The molecule has 0 saturated carbocycles. The van der Waals surface area contributed by atoms with Gasteiger partial charge in [-0.15, -0.1) is 0 Å². The Balaban J connectivity index is 1.66. The van der Waals surface area contributed by atoms with Crippen molar-refractivity contribution in [1.82, 2.24) is 10.1 Å². The number of hydrogen-bond acceptors (Lipinski definition) is 3. The van der Waals surface area contributed by atoms with Crippen LogP contribution >= 0.6 is 0 Å². The van der Waals surface area contributed by atoms with Gasteiger partial charge in [0.2, 0.25) is 0 Å². The van der Waals surface area contributed by atoms with E-state index in [1.807, 2.05) is 13.0 Å². The van der Waals surface area contributed by atoms with Gasteiger partial charge < -0.3 is 4.52 Å². The fourth-order valence-corrected chi connectivity index (χ4v) is 3.54. The summed E-state index contributed by atoms with van der Waals surface area (Å²) < 4.78 is 5.36. The van der Waals surface area contributed by atoms with Crippen LogP contribution in [0.5, 0.6) is 0 Å². The molecule has 2 bridgehead atoms. The summed E-state index contributed by atoms with van der Waals surface area (Å²) in [5.74, 6) is 0.984. The molecule has 3 heteroatoms. The third kappa shape index (κ3) is 1.37. The van der Waals surface area contributed by atoms with Gasteiger partial charge in [0.05, 0.1) is 12.2 Å². The summed E-state index contributed by atoms with van der Waals surface area (Å²) in [5, 5.41) is 3.98. The van der Waals surface area contributed by atoms with E-state index >= 15 is 0 Å². The van der Waals surface area contributed by atoms with Gasteiger partial charge in [0, 0.05) is 18.2 Å². The van der Waals surface area contributed by atoms with E-state index in [0.29, 0.717) is 12.1 Å². The van der Waals surface area contributed by atoms with Crippen LogP contribution in [0.1, 0.15) is 47.5 Å². The van der Waals surface area contributed by atoms with Crippen molar-refractivity contribution in [2.24, 2.45) is 0 Å². The van der Waals surface area contributed by atoms with Crippen LogP contribution in [-0.4, -0.2) is 10.1 Å². The molecule has 4 rings (SSSR count). The van der Waals surface area contributed by atoms with E-state index in [2.05, 4.69) is 34.3 Å². The second-order valence-electron chi connectivity index (χ2n) is 5.34. The van der Waals surface area contributed by atoms with Gasteiger partial charge in [0.15, 0.2) is 5.76 Å². The van der Waals surface area contributed by atoms with Crippen molar-refractivity contribution < 1.29 is 4.52 Å². The molecule has 1 saturated heterocycles. The van der Waals surface area contributed by atoms with E-state index in [-0.39, 0.29) is 0 Å². The molecule has 2 aliphatic rings. The van der Waals surface area contributed by atoms with Crippen molar-refractivity contribution in [2.75, 3.05) is 0 Å². The number of aryl methyl sites for hydroxylation is 1. The van der Waals surface area contributed by atoms with Crippen LogP contribution in [-0.2, 0) is 6.54 Å². The molecule has 0 radical (unpaired) electrons. The molecule has 3 nitrogen and oxygen atoms in total. The van der Waals surface area contributed by atoms with Crippen LogP contribution in [0.4, 0.5) is 0 Å². The summed E-state index contributed by atoms with van der Waals surface area (Å²) >= 11 is 0. The van der Waals surface area contributed by atoms with Crippen LogP contribution < -0.4 is 0 Å². The second-order valence-corrected chi connectivity index (χ2v) is 5.34. The summed E-state index contributed by atoms with van der Waals surface area (Å²) in [6.07, 6.45) is 2.55.